The molecule has 0 fully saturated rings. The van der Waals surface area contributed by atoms with E-state index in [0.29, 0.717) is 19.4 Å². The summed E-state index contributed by atoms with van der Waals surface area (Å²) in [6, 6.07) is 7.11. The second kappa shape index (κ2) is 14.8. The van der Waals surface area contributed by atoms with E-state index in [1.165, 1.54) is 44.9 Å². The normalized spacial score (nSPS) is 12.2. The van der Waals surface area contributed by atoms with Crippen molar-refractivity contribution >= 4 is 22.8 Å². The summed E-state index contributed by atoms with van der Waals surface area (Å²) in [5.41, 5.74) is 7.97. The Labute approximate surface area is 193 Å². The lowest BCUT2D eigenvalue weighted by Crippen LogP contribution is -2.34. The van der Waals surface area contributed by atoms with E-state index in [1.54, 1.807) is 4.57 Å². The molecule has 0 aliphatic rings. The van der Waals surface area contributed by atoms with Gasteiger partial charge in [-0.1, -0.05) is 89.8 Å². The summed E-state index contributed by atoms with van der Waals surface area (Å²) < 4.78 is 7.13. The number of nitrogens with zero attached hydrogens (tertiary/aromatic N) is 1. The zero-order valence-corrected chi connectivity index (χ0v) is 20.1. The average Bonchev–Trinajstić information content (AvgIpc) is 3.16. The highest BCUT2D eigenvalue weighted by atomic mass is 16.5. The van der Waals surface area contributed by atoms with E-state index in [-0.39, 0.29) is 11.9 Å². The van der Waals surface area contributed by atoms with Crippen LogP contribution in [0, 0.1) is 0 Å². The van der Waals surface area contributed by atoms with Crippen LogP contribution in [-0.4, -0.2) is 29.1 Å². The molecule has 0 aliphatic carbocycles. The van der Waals surface area contributed by atoms with Gasteiger partial charge in [0.2, 0.25) is 5.91 Å². The third-order valence-electron chi connectivity index (χ3n) is 6.04. The van der Waals surface area contributed by atoms with Crippen molar-refractivity contribution in [2.45, 2.75) is 103 Å². The maximum Gasteiger partial charge on any atom is 0.323 e. The number of nitrogens with two attached hydrogens (primary N) is 1. The molecule has 0 aliphatic heterocycles. The molecule has 1 aromatic heterocycles. The van der Waals surface area contributed by atoms with E-state index >= 15 is 0 Å². The van der Waals surface area contributed by atoms with Gasteiger partial charge in [-0.25, -0.2) is 0 Å². The minimum absolute atomic E-state index is 0.100. The topological polar surface area (TPSA) is 74.3 Å². The van der Waals surface area contributed by atoms with Crippen molar-refractivity contribution in [1.82, 2.24) is 4.57 Å². The molecule has 0 radical (unpaired) electrons. The third kappa shape index (κ3) is 8.42. The van der Waals surface area contributed by atoms with Crippen LogP contribution in [0.25, 0.3) is 10.9 Å². The molecular formula is C27H42N2O3. The number of hydrogen-bond donors (Lipinski definition) is 1. The fraction of sp³-hybridized carbons (Fsp3) is 0.630. The number of fused-ring (bicyclic) bond motifs is 1. The summed E-state index contributed by atoms with van der Waals surface area (Å²) in [4.78, 5) is 25.2. The summed E-state index contributed by atoms with van der Waals surface area (Å²) >= 11 is 0. The zero-order chi connectivity index (χ0) is 23.2. The molecule has 1 atom stereocenters. The molecule has 2 N–H and O–H groups in total. The van der Waals surface area contributed by atoms with Crippen molar-refractivity contribution in [2.75, 3.05) is 6.61 Å². The van der Waals surface area contributed by atoms with E-state index < -0.39 is 6.04 Å². The molecule has 178 valence electrons. The number of para-hydroxylation sites is 1. The first kappa shape index (κ1) is 26.1. The van der Waals surface area contributed by atoms with Gasteiger partial charge in [-0.2, -0.15) is 0 Å². The van der Waals surface area contributed by atoms with Gasteiger partial charge in [0.05, 0.1) is 12.1 Å². The van der Waals surface area contributed by atoms with Crippen molar-refractivity contribution in [2.24, 2.45) is 5.73 Å². The van der Waals surface area contributed by atoms with Crippen LogP contribution in [0.3, 0.4) is 0 Å². The van der Waals surface area contributed by atoms with Gasteiger partial charge in [-0.3, -0.25) is 14.2 Å². The molecule has 32 heavy (non-hydrogen) atoms. The molecule has 0 saturated heterocycles. The highest BCUT2D eigenvalue weighted by Gasteiger charge is 2.20. The van der Waals surface area contributed by atoms with E-state index in [1.807, 2.05) is 30.5 Å². The predicted octanol–water partition coefficient (Wildman–Crippen LogP) is 6.42. The number of benzene rings is 1. The number of carbonyl (C=O) groups excluding carboxylic acids is 2. The number of ether oxygens (including phenoxy) is 1. The highest BCUT2D eigenvalue weighted by molar-refractivity contribution is 5.94. The Kier molecular flexibility index (Phi) is 12.1. The quantitative estimate of drug-likeness (QED) is 0.241. The van der Waals surface area contributed by atoms with Crippen LogP contribution in [0.1, 0.15) is 101 Å². The van der Waals surface area contributed by atoms with Crippen LogP contribution in [0.15, 0.2) is 30.5 Å². The van der Waals surface area contributed by atoms with Crippen LogP contribution in [-0.2, 0) is 16.0 Å². The second-order valence-corrected chi connectivity index (χ2v) is 8.85. The van der Waals surface area contributed by atoms with Gasteiger partial charge in [0, 0.05) is 24.4 Å². The standard InChI is InChI=1S/C27H42N2O3/c1-3-5-7-9-11-15-19-32-27(31)24(28)20-22-21-29(25-17-14-13-16-23(22)25)26(30)18-12-10-8-6-4-2/h13-14,16-17,21,24H,3-12,15,18-20,28H2,1-2H3. The summed E-state index contributed by atoms with van der Waals surface area (Å²) in [5.74, 6) is -0.263. The average molecular weight is 443 g/mol. The number of unbranched alkanes of at least 4 members (excludes halogenated alkanes) is 9. The van der Waals surface area contributed by atoms with Crippen molar-refractivity contribution in [3.05, 3.63) is 36.0 Å². The lowest BCUT2D eigenvalue weighted by atomic mass is 10.1. The molecular weight excluding hydrogens is 400 g/mol. The maximum absolute atomic E-state index is 12.8. The molecule has 1 heterocycles. The fourth-order valence-electron chi connectivity index (χ4n) is 4.10. The Bertz CT molecular complexity index is 827. The number of carbonyl (C=O) groups is 2. The van der Waals surface area contributed by atoms with Crippen LogP contribution >= 0.6 is 0 Å². The van der Waals surface area contributed by atoms with E-state index in [9.17, 15) is 9.59 Å². The first-order valence-corrected chi connectivity index (χ1v) is 12.6. The van der Waals surface area contributed by atoms with Crippen molar-refractivity contribution in [3.63, 3.8) is 0 Å². The molecule has 1 unspecified atom stereocenters. The van der Waals surface area contributed by atoms with Gasteiger partial charge >= 0.3 is 5.97 Å². The maximum atomic E-state index is 12.8. The molecule has 0 spiro atoms. The Balaban J connectivity index is 1.90. The molecule has 2 rings (SSSR count). The molecule has 5 nitrogen and oxygen atoms in total. The van der Waals surface area contributed by atoms with Crippen LogP contribution in [0.5, 0.6) is 0 Å². The van der Waals surface area contributed by atoms with Crippen LogP contribution < -0.4 is 5.73 Å². The van der Waals surface area contributed by atoms with Crippen molar-refractivity contribution < 1.29 is 14.3 Å². The third-order valence-corrected chi connectivity index (χ3v) is 6.04. The SMILES string of the molecule is CCCCCCCCOC(=O)C(N)Cc1cn(C(=O)CCCCCCC)c2ccccc12. The fourth-order valence-corrected chi connectivity index (χ4v) is 4.10. The smallest absolute Gasteiger partial charge is 0.323 e. The van der Waals surface area contributed by atoms with Gasteiger partial charge in [0.15, 0.2) is 0 Å². The minimum atomic E-state index is -0.724. The van der Waals surface area contributed by atoms with Gasteiger partial charge in [-0.15, -0.1) is 0 Å². The van der Waals surface area contributed by atoms with E-state index in [2.05, 4.69) is 13.8 Å². The Hall–Kier alpha value is -2.14. The van der Waals surface area contributed by atoms with E-state index in [0.717, 1.165) is 42.1 Å². The molecule has 5 heteroatoms. The Morgan fingerprint density at radius 3 is 2.25 bits per heavy atom. The molecule has 0 amide bonds. The molecule has 0 bridgehead atoms. The van der Waals surface area contributed by atoms with Gasteiger partial charge < -0.3 is 10.5 Å². The Morgan fingerprint density at radius 1 is 0.906 bits per heavy atom. The summed E-state index contributed by atoms with van der Waals surface area (Å²) in [6.45, 7) is 4.82. The lowest BCUT2D eigenvalue weighted by molar-refractivity contribution is -0.145. The van der Waals surface area contributed by atoms with E-state index in [4.69, 9.17) is 10.5 Å². The van der Waals surface area contributed by atoms with Gasteiger partial charge in [0.1, 0.15) is 6.04 Å². The van der Waals surface area contributed by atoms with Crippen molar-refractivity contribution in [3.8, 4) is 0 Å². The van der Waals surface area contributed by atoms with Gasteiger partial charge in [0.25, 0.3) is 0 Å². The minimum Gasteiger partial charge on any atom is -0.465 e. The number of hydrogen-bond acceptors (Lipinski definition) is 4. The first-order valence-electron chi connectivity index (χ1n) is 12.6. The number of esters is 1. The Morgan fingerprint density at radius 2 is 1.53 bits per heavy atom. The summed E-state index contributed by atoms with van der Waals surface area (Å²) in [6.07, 6.45) is 15.2. The zero-order valence-electron chi connectivity index (χ0n) is 20.1. The first-order chi connectivity index (χ1) is 15.6. The lowest BCUT2D eigenvalue weighted by Gasteiger charge is -2.11. The molecule has 0 saturated carbocycles. The monoisotopic (exact) mass is 442 g/mol. The molecule has 1 aromatic carbocycles. The van der Waals surface area contributed by atoms with Crippen LogP contribution in [0.2, 0.25) is 0 Å². The molecule has 2 aromatic rings. The second-order valence-electron chi connectivity index (χ2n) is 8.85. The summed E-state index contributed by atoms with van der Waals surface area (Å²) in [7, 11) is 0. The van der Waals surface area contributed by atoms with Crippen LogP contribution in [0.4, 0.5) is 0 Å². The highest BCUT2D eigenvalue weighted by Crippen LogP contribution is 2.23. The number of aromatic nitrogens is 1. The van der Waals surface area contributed by atoms with Gasteiger partial charge in [-0.05, 0) is 24.5 Å². The number of rotatable bonds is 16. The summed E-state index contributed by atoms with van der Waals surface area (Å²) in [5, 5.41) is 0.978. The van der Waals surface area contributed by atoms with Crippen molar-refractivity contribution in [1.29, 1.82) is 0 Å². The largest absolute Gasteiger partial charge is 0.465 e. The predicted molar refractivity (Wildman–Crippen MR) is 132 cm³/mol.